The first kappa shape index (κ1) is 18.3. The topological polar surface area (TPSA) is 90.5 Å². The third-order valence-corrected chi connectivity index (χ3v) is 4.10. The summed E-state index contributed by atoms with van der Waals surface area (Å²) in [6, 6.07) is 4.94. The molecule has 1 aliphatic rings. The van der Waals surface area contributed by atoms with Gasteiger partial charge in [-0.3, -0.25) is 4.79 Å². The Morgan fingerprint density at radius 1 is 1.21 bits per heavy atom. The Labute approximate surface area is 143 Å². The first-order valence-corrected chi connectivity index (χ1v) is 8.57. The molecule has 0 fully saturated rings. The molecule has 6 heteroatoms. The van der Waals surface area contributed by atoms with Crippen LogP contribution in [0.15, 0.2) is 18.2 Å². The highest BCUT2D eigenvalue weighted by molar-refractivity contribution is 5.93. The van der Waals surface area contributed by atoms with E-state index < -0.39 is 12.1 Å². The van der Waals surface area contributed by atoms with Crippen LogP contribution in [0.2, 0.25) is 0 Å². The molecule has 0 aromatic heterocycles. The first-order chi connectivity index (χ1) is 11.5. The number of carbonyl (C=O) groups is 2. The van der Waals surface area contributed by atoms with E-state index in [0.29, 0.717) is 6.42 Å². The summed E-state index contributed by atoms with van der Waals surface area (Å²) in [7, 11) is 0. The molecule has 0 saturated heterocycles. The van der Waals surface area contributed by atoms with E-state index in [0.717, 1.165) is 24.9 Å². The molecule has 6 nitrogen and oxygen atoms in total. The standard InChI is InChI=1S/C18H27N3O3/c1-12(2)10-16(17(23)19-8-9-22)21-18(24)20-15-7-6-13-4-3-5-14(13)11-15/h6-7,11-12,16,22H,3-5,8-10H2,1-2H3,(H,19,23)(H2,20,21,24)/t16-/m0/s1. The van der Waals surface area contributed by atoms with Crippen molar-refractivity contribution < 1.29 is 14.7 Å². The Morgan fingerprint density at radius 2 is 1.96 bits per heavy atom. The van der Waals surface area contributed by atoms with Crippen molar-refractivity contribution in [3.8, 4) is 0 Å². The minimum atomic E-state index is -0.619. The van der Waals surface area contributed by atoms with Gasteiger partial charge in [-0.25, -0.2) is 4.79 Å². The fourth-order valence-corrected chi connectivity index (χ4v) is 2.98. The van der Waals surface area contributed by atoms with Gasteiger partial charge in [0.2, 0.25) is 5.91 Å². The Balaban J connectivity index is 1.95. The maximum Gasteiger partial charge on any atom is 0.319 e. The number of anilines is 1. The molecule has 1 aromatic carbocycles. The van der Waals surface area contributed by atoms with Crippen molar-refractivity contribution in [1.82, 2.24) is 10.6 Å². The van der Waals surface area contributed by atoms with Crippen LogP contribution in [0.25, 0.3) is 0 Å². The lowest BCUT2D eigenvalue weighted by Gasteiger charge is -2.20. The number of aliphatic hydroxyl groups is 1. The summed E-state index contributed by atoms with van der Waals surface area (Å²) in [6.07, 6.45) is 3.84. The van der Waals surface area contributed by atoms with Crippen LogP contribution in [-0.2, 0) is 17.6 Å². The van der Waals surface area contributed by atoms with Crippen LogP contribution < -0.4 is 16.0 Å². The fraction of sp³-hybridized carbons (Fsp3) is 0.556. The number of fused-ring (bicyclic) bond motifs is 1. The molecule has 4 N–H and O–H groups in total. The van der Waals surface area contributed by atoms with Crippen LogP contribution in [0.3, 0.4) is 0 Å². The highest BCUT2D eigenvalue weighted by atomic mass is 16.3. The highest BCUT2D eigenvalue weighted by Gasteiger charge is 2.22. The molecule has 0 aliphatic heterocycles. The molecular formula is C18H27N3O3. The second-order valence-corrected chi connectivity index (χ2v) is 6.63. The Hall–Kier alpha value is -2.08. The van der Waals surface area contributed by atoms with Crippen LogP contribution in [0.4, 0.5) is 10.5 Å². The van der Waals surface area contributed by atoms with Gasteiger partial charge in [-0.05, 0) is 54.9 Å². The lowest BCUT2D eigenvalue weighted by Crippen LogP contribution is -2.49. The van der Waals surface area contributed by atoms with Crippen LogP contribution in [0.1, 0.15) is 37.8 Å². The van der Waals surface area contributed by atoms with Crippen LogP contribution >= 0.6 is 0 Å². The Morgan fingerprint density at radius 3 is 2.67 bits per heavy atom. The summed E-state index contributed by atoms with van der Waals surface area (Å²) in [5, 5.41) is 17.0. The van der Waals surface area contributed by atoms with Gasteiger partial charge in [-0.1, -0.05) is 19.9 Å². The van der Waals surface area contributed by atoms with Gasteiger partial charge >= 0.3 is 6.03 Å². The molecule has 1 aliphatic carbocycles. The normalized spacial score (nSPS) is 14.2. The largest absolute Gasteiger partial charge is 0.395 e. The zero-order valence-electron chi connectivity index (χ0n) is 14.4. The van der Waals surface area contributed by atoms with Gasteiger partial charge in [-0.15, -0.1) is 0 Å². The van der Waals surface area contributed by atoms with Gasteiger partial charge in [0.25, 0.3) is 0 Å². The molecule has 0 unspecified atom stereocenters. The summed E-state index contributed by atoms with van der Waals surface area (Å²) < 4.78 is 0. The second-order valence-electron chi connectivity index (χ2n) is 6.63. The van der Waals surface area contributed by atoms with E-state index in [-0.39, 0.29) is 25.0 Å². The van der Waals surface area contributed by atoms with Crippen molar-refractivity contribution in [3.05, 3.63) is 29.3 Å². The van der Waals surface area contributed by atoms with E-state index in [1.54, 1.807) is 0 Å². The maximum absolute atomic E-state index is 12.2. The molecule has 1 atom stereocenters. The Bertz CT molecular complexity index is 587. The predicted octanol–water partition coefficient (Wildman–Crippen LogP) is 1.82. The van der Waals surface area contributed by atoms with E-state index in [1.165, 1.54) is 11.1 Å². The van der Waals surface area contributed by atoms with Crippen LogP contribution in [0.5, 0.6) is 0 Å². The first-order valence-electron chi connectivity index (χ1n) is 8.57. The average molecular weight is 333 g/mol. The Kier molecular flexibility index (Phi) is 6.61. The molecule has 132 valence electrons. The van der Waals surface area contributed by atoms with Gasteiger partial charge in [-0.2, -0.15) is 0 Å². The summed E-state index contributed by atoms with van der Waals surface area (Å²) in [6.45, 7) is 4.04. The van der Waals surface area contributed by atoms with Gasteiger partial charge < -0.3 is 21.1 Å². The number of rotatable bonds is 7. The number of carbonyl (C=O) groups excluding carboxylic acids is 2. The molecule has 3 amide bonds. The summed E-state index contributed by atoms with van der Waals surface area (Å²) in [5.74, 6) is -0.0166. The third-order valence-electron chi connectivity index (χ3n) is 4.10. The van der Waals surface area contributed by atoms with Crippen LogP contribution in [0, 0.1) is 5.92 Å². The average Bonchev–Trinajstić information content (AvgIpc) is 2.99. The summed E-state index contributed by atoms with van der Waals surface area (Å²) in [4.78, 5) is 24.3. The number of aliphatic hydroxyl groups excluding tert-OH is 1. The monoisotopic (exact) mass is 333 g/mol. The quantitative estimate of drug-likeness (QED) is 0.613. The van der Waals surface area contributed by atoms with Crippen molar-refractivity contribution in [2.45, 2.75) is 45.6 Å². The third kappa shape index (κ3) is 5.23. The smallest absolute Gasteiger partial charge is 0.319 e. The number of amides is 3. The van der Waals surface area contributed by atoms with Crippen molar-refractivity contribution in [1.29, 1.82) is 0 Å². The number of hydrogen-bond donors (Lipinski definition) is 4. The molecule has 0 bridgehead atoms. The number of nitrogens with one attached hydrogen (secondary N) is 3. The predicted molar refractivity (Wildman–Crippen MR) is 94.0 cm³/mol. The van der Waals surface area contributed by atoms with Crippen LogP contribution in [-0.4, -0.2) is 36.2 Å². The number of aryl methyl sites for hydroxylation is 2. The molecule has 24 heavy (non-hydrogen) atoms. The molecule has 2 rings (SSSR count). The summed E-state index contributed by atoms with van der Waals surface area (Å²) >= 11 is 0. The molecular weight excluding hydrogens is 306 g/mol. The van der Waals surface area contributed by atoms with E-state index in [9.17, 15) is 9.59 Å². The maximum atomic E-state index is 12.2. The molecule has 1 aromatic rings. The minimum absolute atomic E-state index is 0.124. The molecule has 0 radical (unpaired) electrons. The molecule has 0 heterocycles. The molecule has 0 saturated carbocycles. The zero-order valence-corrected chi connectivity index (χ0v) is 14.4. The second kappa shape index (κ2) is 8.68. The van der Waals surface area contributed by atoms with Crippen molar-refractivity contribution in [2.24, 2.45) is 5.92 Å². The number of hydrogen-bond acceptors (Lipinski definition) is 3. The van der Waals surface area contributed by atoms with Crippen molar-refractivity contribution in [2.75, 3.05) is 18.5 Å². The van der Waals surface area contributed by atoms with Crippen molar-refractivity contribution >= 4 is 17.6 Å². The SMILES string of the molecule is CC(C)C[C@H](NC(=O)Nc1ccc2c(c1)CCC2)C(=O)NCCO. The molecule has 0 spiro atoms. The van der Waals surface area contributed by atoms with E-state index >= 15 is 0 Å². The minimum Gasteiger partial charge on any atom is -0.395 e. The fourth-order valence-electron chi connectivity index (χ4n) is 2.98. The lowest BCUT2D eigenvalue weighted by atomic mass is 10.0. The number of benzene rings is 1. The van der Waals surface area contributed by atoms with E-state index in [2.05, 4.69) is 22.0 Å². The zero-order chi connectivity index (χ0) is 17.5. The number of urea groups is 1. The van der Waals surface area contributed by atoms with E-state index in [1.807, 2.05) is 26.0 Å². The highest BCUT2D eigenvalue weighted by Crippen LogP contribution is 2.24. The van der Waals surface area contributed by atoms with E-state index in [4.69, 9.17) is 5.11 Å². The summed E-state index contributed by atoms with van der Waals surface area (Å²) in [5.41, 5.74) is 3.38. The lowest BCUT2D eigenvalue weighted by molar-refractivity contribution is -0.123. The van der Waals surface area contributed by atoms with Gasteiger partial charge in [0.15, 0.2) is 0 Å². The van der Waals surface area contributed by atoms with Gasteiger partial charge in [0.1, 0.15) is 6.04 Å². The van der Waals surface area contributed by atoms with Gasteiger partial charge in [0.05, 0.1) is 6.61 Å². The van der Waals surface area contributed by atoms with Gasteiger partial charge in [0, 0.05) is 12.2 Å². The van der Waals surface area contributed by atoms with Crippen molar-refractivity contribution in [3.63, 3.8) is 0 Å².